The Hall–Kier alpha value is -5.79. The molecule has 0 bridgehead atoms. The van der Waals surface area contributed by atoms with Gasteiger partial charge in [-0.3, -0.25) is 19.3 Å². The van der Waals surface area contributed by atoms with E-state index in [4.69, 9.17) is 20.1 Å². The van der Waals surface area contributed by atoms with Crippen LogP contribution in [0.3, 0.4) is 0 Å². The van der Waals surface area contributed by atoms with Gasteiger partial charge >= 0.3 is 0 Å². The molecule has 1 fully saturated rings. The van der Waals surface area contributed by atoms with Gasteiger partial charge in [0.05, 0.1) is 23.4 Å². The summed E-state index contributed by atoms with van der Waals surface area (Å²) in [5.74, 6) is 1.22. The number of amides is 2. The molecule has 0 spiro atoms. The highest BCUT2D eigenvalue weighted by Gasteiger charge is 2.22. The Morgan fingerprint density at radius 2 is 2.07 bits per heavy atom. The van der Waals surface area contributed by atoms with E-state index in [-0.39, 0.29) is 23.3 Å². The van der Waals surface area contributed by atoms with Crippen molar-refractivity contribution in [3.63, 3.8) is 0 Å². The molecule has 43 heavy (non-hydrogen) atoms. The molecule has 5 heterocycles. The summed E-state index contributed by atoms with van der Waals surface area (Å²) in [4.78, 5) is 35.6. The van der Waals surface area contributed by atoms with Crippen molar-refractivity contribution in [1.29, 1.82) is 0 Å². The summed E-state index contributed by atoms with van der Waals surface area (Å²) in [6, 6.07) is 14.4. The number of pyridine rings is 1. The largest absolute Gasteiger partial charge is 0.439 e. The molecule has 0 radical (unpaired) electrons. The molecule has 4 N–H and O–H groups in total. The van der Waals surface area contributed by atoms with E-state index in [0.717, 1.165) is 29.6 Å². The number of nitrogens with zero attached hydrogens (tertiary/aromatic N) is 7. The van der Waals surface area contributed by atoms with E-state index in [9.17, 15) is 9.59 Å². The van der Waals surface area contributed by atoms with Gasteiger partial charge in [-0.25, -0.2) is 14.6 Å². The summed E-state index contributed by atoms with van der Waals surface area (Å²) in [6.07, 6.45) is 5.53. The second-order valence-electron chi connectivity index (χ2n) is 10.1. The van der Waals surface area contributed by atoms with Gasteiger partial charge < -0.3 is 20.7 Å². The van der Waals surface area contributed by atoms with Gasteiger partial charge in [-0.1, -0.05) is 6.07 Å². The number of nitrogens with one attached hydrogen (secondary N) is 2. The molecule has 0 aliphatic carbocycles. The maximum absolute atomic E-state index is 12.8. The molecule has 216 valence electrons. The van der Waals surface area contributed by atoms with Crippen LogP contribution in [0.1, 0.15) is 29.6 Å². The Balaban J connectivity index is 1.14. The van der Waals surface area contributed by atoms with Gasteiger partial charge in [0.25, 0.3) is 5.91 Å². The smallest absolute Gasteiger partial charge is 0.251 e. The lowest BCUT2D eigenvalue weighted by atomic mass is 10.2. The third-order valence-corrected chi connectivity index (χ3v) is 7.30. The molecule has 14 heteroatoms. The number of imidazole rings is 1. The molecular weight excluding hydrogens is 552 g/mol. The van der Waals surface area contributed by atoms with Crippen molar-refractivity contribution >= 4 is 39.6 Å². The number of fused-ring (bicyclic) bond motifs is 2. The van der Waals surface area contributed by atoms with E-state index in [1.807, 2.05) is 27.7 Å². The minimum absolute atomic E-state index is 0.102. The Morgan fingerprint density at radius 3 is 2.91 bits per heavy atom. The predicted octanol–water partition coefficient (Wildman–Crippen LogP) is 3.46. The van der Waals surface area contributed by atoms with Crippen LogP contribution in [0.15, 0.2) is 65.6 Å². The molecule has 1 aliphatic rings. The van der Waals surface area contributed by atoms with Crippen LogP contribution in [0, 0.1) is 0 Å². The maximum atomic E-state index is 12.8. The number of nitrogens with two attached hydrogens (primary N) is 1. The van der Waals surface area contributed by atoms with Gasteiger partial charge in [0.15, 0.2) is 17.3 Å². The lowest BCUT2D eigenvalue weighted by molar-refractivity contribution is -0.127. The molecule has 0 unspecified atom stereocenters. The summed E-state index contributed by atoms with van der Waals surface area (Å²) in [6.45, 7) is 1.90. The SMILES string of the molecule is Nc1nonc1-c1nc2cnc(Oc3cccc(C(=O)NCCCN4CCCC4=O)c3)cc2n1-c1ccc2[nH]ncc2c1. The number of rotatable bonds is 9. The molecule has 4 aromatic heterocycles. The maximum Gasteiger partial charge on any atom is 0.251 e. The van der Waals surface area contributed by atoms with Crippen LogP contribution in [0.4, 0.5) is 5.82 Å². The Labute approximate surface area is 243 Å². The standard InChI is InChI=1S/C29H26N10O4/c30-27-26(36-43-37-27)28-34-22-16-32-24(14-23(22)39(28)19-7-8-21-18(12-19)15-33-35-21)42-20-5-1-4-17(13-20)29(41)31-9-3-11-38-10-2-6-25(38)40/h1,4-5,7-8,12-16H,2-3,6,9-11H2,(H2,30,37)(H,31,41)(H,33,35). The minimum atomic E-state index is -0.224. The zero-order valence-electron chi connectivity index (χ0n) is 22.9. The predicted molar refractivity (Wildman–Crippen MR) is 156 cm³/mol. The summed E-state index contributed by atoms with van der Waals surface area (Å²) >= 11 is 0. The van der Waals surface area contributed by atoms with Gasteiger partial charge in [-0.05, 0) is 59.6 Å². The normalized spacial score (nSPS) is 13.3. The van der Waals surface area contributed by atoms with Crippen molar-refractivity contribution in [2.24, 2.45) is 0 Å². The highest BCUT2D eigenvalue weighted by Crippen LogP contribution is 2.33. The van der Waals surface area contributed by atoms with Crippen molar-refractivity contribution in [3.8, 4) is 28.8 Å². The van der Waals surface area contributed by atoms with Crippen molar-refractivity contribution in [1.82, 2.24) is 45.3 Å². The van der Waals surface area contributed by atoms with Crippen molar-refractivity contribution in [2.45, 2.75) is 19.3 Å². The van der Waals surface area contributed by atoms with Crippen LogP contribution in [-0.4, -0.2) is 71.4 Å². The number of ether oxygens (including phenoxy) is 1. The fraction of sp³-hybridized carbons (Fsp3) is 0.207. The Morgan fingerprint density at radius 1 is 1.14 bits per heavy atom. The Kier molecular flexibility index (Phi) is 6.62. The minimum Gasteiger partial charge on any atom is -0.439 e. The number of hydrogen-bond donors (Lipinski definition) is 3. The number of nitrogen functional groups attached to an aromatic ring is 1. The van der Waals surface area contributed by atoms with Gasteiger partial charge in [0.2, 0.25) is 11.8 Å². The molecule has 0 atom stereocenters. The van der Waals surface area contributed by atoms with Crippen LogP contribution in [0.5, 0.6) is 11.6 Å². The fourth-order valence-corrected chi connectivity index (χ4v) is 5.19. The second kappa shape index (κ2) is 10.9. The number of aromatic amines is 1. The average Bonchev–Trinajstić information content (AvgIpc) is 3.81. The zero-order chi connectivity index (χ0) is 29.3. The van der Waals surface area contributed by atoms with E-state index in [0.29, 0.717) is 60.0 Å². The van der Waals surface area contributed by atoms with E-state index < -0.39 is 0 Å². The average molecular weight is 579 g/mol. The molecule has 1 aliphatic heterocycles. The summed E-state index contributed by atoms with van der Waals surface area (Å²) in [7, 11) is 0. The number of H-pyrrole nitrogens is 1. The van der Waals surface area contributed by atoms with Gasteiger partial charge in [0, 0.05) is 48.8 Å². The fourth-order valence-electron chi connectivity index (χ4n) is 5.19. The van der Waals surface area contributed by atoms with Crippen LogP contribution < -0.4 is 15.8 Å². The third-order valence-electron chi connectivity index (χ3n) is 7.30. The summed E-state index contributed by atoms with van der Waals surface area (Å²) in [5.41, 5.74) is 9.68. The first-order chi connectivity index (χ1) is 21.0. The monoisotopic (exact) mass is 578 g/mol. The first kappa shape index (κ1) is 26.1. The molecular formula is C29H26N10O4. The number of carbonyl (C=O) groups excluding carboxylic acids is 2. The number of hydrogen-bond acceptors (Lipinski definition) is 10. The van der Waals surface area contributed by atoms with Crippen molar-refractivity contribution < 1.29 is 19.0 Å². The molecule has 2 aromatic carbocycles. The van der Waals surface area contributed by atoms with Gasteiger partial charge in [-0.2, -0.15) is 5.10 Å². The molecule has 6 aromatic rings. The number of aromatic nitrogens is 7. The quantitative estimate of drug-likeness (QED) is 0.215. The molecule has 7 rings (SSSR count). The van der Waals surface area contributed by atoms with E-state index >= 15 is 0 Å². The van der Waals surface area contributed by atoms with Crippen LogP contribution in [0.2, 0.25) is 0 Å². The molecule has 14 nitrogen and oxygen atoms in total. The molecule has 0 saturated carbocycles. The number of likely N-dealkylation sites (tertiary alicyclic amines) is 1. The first-order valence-corrected chi connectivity index (χ1v) is 13.8. The number of carbonyl (C=O) groups is 2. The molecule has 2 amide bonds. The number of anilines is 1. The van der Waals surface area contributed by atoms with Gasteiger partial charge in [0.1, 0.15) is 11.3 Å². The summed E-state index contributed by atoms with van der Waals surface area (Å²) < 4.78 is 12.8. The van der Waals surface area contributed by atoms with Crippen LogP contribution in [-0.2, 0) is 4.79 Å². The third kappa shape index (κ3) is 5.09. The Bertz CT molecular complexity index is 1980. The zero-order valence-corrected chi connectivity index (χ0v) is 22.9. The highest BCUT2D eigenvalue weighted by atomic mass is 16.6. The van der Waals surface area contributed by atoms with Crippen LogP contribution in [0.25, 0.3) is 39.1 Å². The number of benzene rings is 2. The summed E-state index contributed by atoms with van der Waals surface area (Å²) in [5, 5.41) is 18.6. The lowest BCUT2D eigenvalue weighted by Crippen LogP contribution is -2.30. The lowest BCUT2D eigenvalue weighted by Gasteiger charge is -2.15. The van der Waals surface area contributed by atoms with Crippen molar-refractivity contribution in [2.75, 3.05) is 25.4 Å². The topological polar surface area (TPSA) is 183 Å². The van der Waals surface area contributed by atoms with E-state index in [2.05, 4.69) is 30.8 Å². The second-order valence-corrected chi connectivity index (χ2v) is 10.1. The van der Waals surface area contributed by atoms with E-state index in [1.165, 1.54) is 0 Å². The van der Waals surface area contributed by atoms with Crippen molar-refractivity contribution in [3.05, 3.63) is 66.5 Å². The van der Waals surface area contributed by atoms with Crippen LogP contribution >= 0.6 is 0 Å². The molecule has 1 saturated heterocycles. The van der Waals surface area contributed by atoms with E-state index in [1.54, 1.807) is 42.7 Å². The first-order valence-electron chi connectivity index (χ1n) is 13.8. The van der Waals surface area contributed by atoms with Gasteiger partial charge in [-0.15, -0.1) is 0 Å². The highest BCUT2D eigenvalue weighted by molar-refractivity contribution is 5.94.